The molecule has 2 heterocycles. The molecule has 1 aromatic heterocycles. The summed E-state index contributed by atoms with van der Waals surface area (Å²) in [6, 6.07) is 0.158. The van der Waals surface area contributed by atoms with Crippen LogP contribution in [0.1, 0.15) is 32.7 Å². The predicted molar refractivity (Wildman–Crippen MR) is 73.9 cm³/mol. The quantitative estimate of drug-likeness (QED) is 0.833. The highest BCUT2D eigenvalue weighted by Gasteiger charge is 2.33. The van der Waals surface area contributed by atoms with Crippen molar-refractivity contribution in [3.8, 4) is 0 Å². The van der Waals surface area contributed by atoms with Crippen LogP contribution in [0, 0.1) is 0 Å². The molecule has 0 amide bonds. The van der Waals surface area contributed by atoms with E-state index >= 15 is 0 Å². The van der Waals surface area contributed by atoms with Gasteiger partial charge in [-0.25, -0.2) is 4.98 Å². The number of hydrogen-bond acceptors (Lipinski definition) is 3. The first-order chi connectivity index (χ1) is 8.93. The second-order valence-electron chi connectivity index (χ2n) is 5.28. The van der Waals surface area contributed by atoms with Gasteiger partial charge in [0.05, 0.1) is 6.33 Å². The molecule has 1 aliphatic rings. The van der Waals surface area contributed by atoms with Crippen LogP contribution in [0.4, 0.5) is 0 Å². The lowest BCUT2D eigenvalue weighted by Crippen LogP contribution is -2.48. The van der Waals surface area contributed by atoms with Crippen molar-refractivity contribution in [3.05, 3.63) is 18.7 Å². The van der Waals surface area contributed by atoms with Crippen molar-refractivity contribution in [2.75, 3.05) is 20.1 Å². The number of aromatic nitrogens is 2. The summed E-state index contributed by atoms with van der Waals surface area (Å²) in [7, 11) is -1.71. The molecule has 1 saturated heterocycles. The third kappa shape index (κ3) is 2.98. The van der Waals surface area contributed by atoms with Gasteiger partial charge in [0.1, 0.15) is 0 Å². The molecule has 1 aromatic rings. The van der Waals surface area contributed by atoms with Gasteiger partial charge in [-0.05, 0) is 26.7 Å². The van der Waals surface area contributed by atoms with Crippen molar-refractivity contribution in [2.24, 2.45) is 0 Å². The molecule has 0 saturated carbocycles. The lowest BCUT2D eigenvalue weighted by molar-refractivity contribution is 0.246. The third-order valence-corrected chi connectivity index (χ3v) is 5.86. The van der Waals surface area contributed by atoms with E-state index in [4.69, 9.17) is 0 Å². The Balaban J connectivity index is 2.13. The highest BCUT2D eigenvalue weighted by atomic mass is 32.2. The van der Waals surface area contributed by atoms with Gasteiger partial charge in [0.25, 0.3) is 10.2 Å². The molecule has 0 radical (unpaired) electrons. The molecular weight excluding hydrogens is 264 g/mol. The lowest BCUT2D eigenvalue weighted by atomic mass is 10.1. The predicted octanol–water partition coefficient (Wildman–Crippen LogP) is 1.10. The van der Waals surface area contributed by atoms with E-state index in [2.05, 4.69) is 4.98 Å². The molecule has 108 valence electrons. The number of piperidine rings is 1. The molecule has 2 rings (SSSR count). The largest absolute Gasteiger partial charge is 0.333 e. The maximum Gasteiger partial charge on any atom is 0.282 e. The maximum absolute atomic E-state index is 12.5. The van der Waals surface area contributed by atoms with Crippen molar-refractivity contribution in [2.45, 2.75) is 38.8 Å². The Morgan fingerprint density at radius 3 is 2.74 bits per heavy atom. The minimum atomic E-state index is -3.35. The first-order valence-electron chi connectivity index (χ1n) is 6.63. The molecule has 19 heavy (non-hydrogen) atoms. The molecule has 0 bridgehead atoms. The highest BCUT2D eigenvalue weighted by molar-refractivity contribution is 7.86. The number of nitrogens with zero attached hydrogens (tertiary/aromatic N) is 4. The summed E-state index contributed by atoms with van der Waals surface area (Å²) in [4.78, 5) is 4.03. The molecule has 0 aliphatic carbocycles. The zero-order valence-corrected chi connectivity index (χ0v) is 12.5. The molecule has 0 spiro atoms. The summed E-state index contributed by atoms with van der Waals surface area (Å²) >= 11 is 0. The Bertz CT molecular complexity index is 498. The Kier molecular flexibility index (Phi) is 4.27. The summed E-state index contributed by atoms with van der Waals surface area (Å²) in [6.45, 7) is 4.89. The zero-order chi connectivity index (χ0) is 14.0. The van der Waals surface area contributed by atoms with E-state index in [-0.39, 0.29) is 12.1 Å². The Hall–Kier alpha value is -0.920. The normalized spacial score (nSPS) is 22.3. The zero-order valence-electron chi connectivity index (χ0n) is 11.7. The minimum Gasteiger partial charge on any atom is -0.333 e. The van der Waals surface area contributed by atoms with Gasteiger partial charge in [0, 0.05) is 44.6 Å². The van der Waals surface area contributed by atoms with E-state index in [1.54, 1.807) is 23.9 Å². The first kappa shape index (κ1) is 14.5. The van der Waals surface area contributed by atoms with E-state index in [0.29, 0.717) is 13.1 Å². The summed E-state index contributed by atoms with van der Waals surface area (Å²) in [5.74, 6) is 0. The Morgan fingerprint density at radius 1 is 1.42 bits per heavy atom. The van der Waals surface area contributed by atoms with Gasteiger partial charge in [-0.1, -0.05) is 0 Å². The van der Waals surface area contributed by atoms with Crippen LogP contribution in [0.3, 0.4) is 0 Å². The fraction of sp³-hybridized carbons (Fsp3) is 0.750. The monoisotopic (exact) mass is 286 g/mol. The number of rotatable bonds is 4. The molecule has 1 aliphatic heterocycles. The highest BCUT2D eigenvalue weighted by Crippen LogP contribution is 2.24. The molecule has 7 heteroatoms. The maximum atomic E-state index is 12.5. The lowest BCUT2D eigenvalue weighted by Gasteiger charge is -2.35. The smallest absolute Gasteiger partial charge is 0.282 e. The van der Waals surface area contributed by atoms with Crippen molar-refractivity contribution < 1.29 is 8.42 Å². The van der Waals surface area contributed by atoms with Gasteiger partial charge in [-0.3, -0.25) is 0 Å². The second kappa shape index (κ2) is 5.60. The van der Waals surface area contributed by atoms with E-state index in [1.807, 2.05) is 24.6 Å². The average Bonchev–Trinajstić information content (AvgIpc) is 2.91. The topological polar surface area (TPSA) is 58.4 Å². The SMILES string of the molecule is CC(C)N(C)S(=O)(=O)N1CCCC(n2ccnc2)C1. The molecule has 0 N–H and O–H groups in total. The third-order valence-electron chi connectivity index (χ3n) is 3.72. The van der Waals surface area contributed by atoms with E-state index in [9.17, 15) is 8.42 Å². The van der Waals surface area contributed by atoms with Crippen molar-refractivity contribution in [1.82, 2.24) is 18.2 Å². The van der Waals surface area contributed by atoms with Gasteiger partial charge in [-0.15, -0.1) is 0 Å². The van der Waals surface area contributed by atoms with Crippen LogP contribution in [0.15, 0.2) is 18.7 Å². The van der Waals surface area contributed by atoms with Crippen LogP contribution < -0.4 is 0 Å². The van der Waals surface area contributed by atoms with E-state index in [1.165, 1.54) is 4.31 Å². The van der Waals surface area contributed by atoms with Gasteiger partial charge >= 0.3 is 0 Å². The van der Waals surface area contributed by atoms with E-state index in [0.717, 1.165) is 12.8 Å². The Labute approximate surface area is 115 Å². The second-order valence-corrected chi connectivity index (χ2v) is 7.27. The van der Waals surface area contributed by atoms with Crippen LogP contribution in [0.2, 0.25) is 0 Å². The van der Waals surface area contributed by atoms with Crippen molar-refractivity contribution in [3.63, 3.8) is 0 Å². The fourth-order valence-corrected chi connectivity index (χ4v) is 3.93. The van der Waals surface area contributed by atoms with Gasteiger partial charge in [-0.2, -0.15) is 17.0 Å². The van der Waals surface area contributed by atoms with Crippen LogP contribution in [0.5, 0.6) is 0 Å². The van der Waals surface area contributed by atoms with Crippen LogP contribution in [0.25, 0.3) is 0 Å². The van der Waals surface area contributed by atoms with Gasteiger partial charge < -0.3 is 4.57 Å². The molecule has 6 nitrogen and oxygen atoms in total. The van der Waals surface area contributed by atoms with E-state index < -0.39 is 10.2 Å². The van der Waals surface area contributed by atoms with Crippen LogP contribution in [-0.4, -0.2) is 52.8 Å². The standard InChI is InChI=1S/C12H22N4O2S/c1-11(2)14(3)19(17,18)16-7-4-5-12(9-16)15-8-6-13-10-15/h6,8,10-12H,4-5,7,9H2,1-3H3. The first-order valence-corrected chi connectivity index (χ1v) is 8.03. The summed E-state index contributed by atoms with van der Waals surface area (Å²) in [5.41, 5.74) is 0. The molecule has 1 fully saturated rings. The average molecular weight is 286 g/mol. The van der Waals surface area contributed by atoms with Gasteiger partial charge in [0.15, 0.2) is 0 Å². The summed E-state index contributed by atoms with van der Waals surface area (Å²) in [6.07, 6.45) is 7.26. The number of imidazole rings is 1. The molecular formula is C12H22N4O2S. The molecule has 0 aromatic carbocycles. The molecule has 1 atom stereocenters. The Morgan fingerprint density at radius 2 is 2.16 bits per heavy atom. The minimum absolute atomic E-state index is 0.0291. The van der Waals surface area contributed by atoms with Gasteiger partial charge in [0.2, 0.25) is 0 Å². The summed E-state index contributed by atoms with van der Waals surface area (Å²) < 4.78 is 30.0. The van der Waals surface area contributed by atoms with Crippen molar-refractivity contribution >= 4 is 10.2 Å². The fourth-order valence-electron chi connectivity index (χ4n) is 2.31. The van der Waals surface area contributed by atoms with Crippen LogP contribution in [-0.2, 0) is 10.2 Å². The van der Waals surface area contributed by atoms with Crippen LogP contribution >= 0.6 is 0 Å². The van der Waals surface area contributed by atoms with Crippen molar-refractivity contribution in [1.29, 1.82) is 0 Å². The molecule has 1 unspecified atom stereocenters. The summed E-state index contributed by atoms with van der Waals surface area (Å²) in [5, 5.41) is 0. The number of hydrogen-bond donors (Lipinski definition) is 0.